The molecule has 9 nitrogen and oxygen atoms in total. The van der Waals surface area contributed by atoms with E-state index in [1.807, 2.05) is 56.6 Å². The van der Waals surface area contributed by atoms with Gasteiger partial charge >= 0.3 is 0 Å². The quantitative estimate of drug-likeness (QED) is 0.454. The summed E-state index contributed by atoms with van der Waals surface area (Å²) in [6, 6.07) is 13.8. The van der Waals surface area contributed by atoms with Gasteiger partial charge in [-0.2, -0.15) is 10.2 Å². The molecule has 0 atom stereocenters. The number of para-hydroxylation sites is 1. The summed E-state index contributed by atoms with van der Waals surface area (Å²) >= 11 is 0. The zero-order valence-electron chi connectivity index (χ0n) is 17.0. The molecule has 0 bridgehead atoms. The van der Waals surface area contributed by atoms with E-state index < -0.39 is 0 Å². The minimum atomic E-state index is 0.420. The van der Waals surface area contributed by atoms with Gasteiger partial charge in [0.25, 0.3) is 0 Å². The number of aromatic nitrogens is 5. The van der Waals surface area contributed by atoms with Crippen LogP contribution in [0.1, 0.15) is 5.56 Å². The Morgan fingerprint density at radius 1 is 1.00 bits per heavy atom. The summed E-state index contributed by atoms with van der Waals surface area (Å²) in [6.45, 7) is 2.22. The van der Waals surface area contributed by atoms with E-state index in [1.165, 1.54) is 6.33 Å². The Balaban J connectivity index is 1.44. The Hall–Kier alpha value is -3.72. The highest BCUT2D eigenvalue weighted by molar-refractivity contribution is 5.85. The van der Waals surface area contributed by atoms with Crippen LogP contribution in [0, 0.1) is 0 Å². The molecule has 0 aliphatic heterocycles. The molecule has 1 N–H and O–H groups in total. The number of anilines is 1. The zero-order valence-corrected chi connectivity index (χ0v) is 17.0. The van der Waals surface area contributed by atoms with Crippen molar-refractivity contribution in [1.29, 1.82) is 0 Å². The average molecular weight is 401 g/mol. The van der Waals surface area contributed by atoms with Gasteiger partial charge in [-0.15, -0.1) is 5.11 Å². The van der Waals surface area contributed by atoms with E-state index >= 15 is 0 Å². The molecular formula is C21H23N9. The van der Waals surface area contributed by atoms with Gasteiger partial charge in [0, 0.05) is 19.3 Å². The molecule has 30 heavy (non-hydrogen) atoms. The monoisotopic (exact) mass is 401 g/mol. The molecule has 4 aromatic rings. The summed E-state index contributed by atoms with van der Waals surface area (Å²) in [5, 5.41) is 17.1. The summed E-state index contributed by atoms with van der Waals surface area (Å²) in [5.74, 6) is 1.35. The molecule has 0 spiro atoms. The third-order valence-corrected chi connectivity index (χ3v) is 4.45. The Labute approximate surface area is 174 Å². The maximum atomic E-state index is 4.43. The highest BCUT2D eigenvalue weighted by atomic mass is 15.3. The molecule has 0 unspecified atom stereocenters. The Kier molecular flexibility index (Phi) is 6.00. The summed E-state index contributed by atoms with van der Waals surface area (Å²) in [6.07, 6.45) is 5.00. The molecule has 0 aliphatic carbocycles. The van der Waals surface area contributed by atoms with Gasteiger partial charge in [0.05, 0.1) is 23.8 Å². The van der Waals surface area contributed by atoms with Crippen molar-refractivity contribution in [2.75, 3.05) is 32.5 Å². The van der Waals surface area contributed by atoms with E-state index in [-0.39, 0.29) is 0 Å². The van der Waals surface area contributed by atoms with Crippen LogP contribution >= 0.6 is 0 Å². The second-order valence-electron chi connectivity index (χ2n) is 7.01. The number of pyridine rings is 1. The van der Waals surface area contributed by atoms with Crippen LogP contribution in [0.3, 0.4) is 0 Å². The van der Waals surface area contributed by atoms with Crippen LogP contribution in [0.2, 0.25) is 0 Å². The molecule has 0 aliphatic rings. The first kappa shape index (κ1) is 19.6. The standard InChI is InChI=1S/C21H23N9/c1-29(2)11-10-22-19-9-8-16(12-23-19)13-26-28-20-18-14-27-30(21(18)25-15-24-20)17-6-4-3-5-7-17/h3-9,12,14-15H,10-11,13H2,1-2H3,(H,22,23). The van der Waals surface area contributed by atoms with E-state index in [4.69, 9.17) is 0 Å². The number of azo groups is 1. The van der Waals surface area contributed by atoms with Crippen LogP contribution in [0.5, 0.6) is 0 Å². The van der Waals surface area contributed by atoms with Crippen molar-refractivity contribution in [3.8, 4) is 5.69 Å². The lowest BCUT2D eigenvalue weighted by Gasteiger charge is -2.10. The van der Waals surface area contributed by atoms with Gasteiger partial charge < -0.3 is 10.2 Å². The molecule has 0 saturated carbocycles. The topological polar surface area (TPSA) is 96.5 Å². The van der Waals surface area contributed by atoms with Crippen LogP contribution in [0.15, 0.2) is 71.4 Å². The second-order valence-corrected chi connectivity index (χ2v) is 7.01. The van der Waals surface area contributed by atoms with Crippen molar-refractivity contribution in [2.45, 2.75) is 6.54 Å². The van der Waals surface area contributed by atoms with Gasteiger partial charge in [0.1, 0.15) is 12.1 Å². The van der Waals surface area contributed by atoms with E-state index in [1.54, 1.807) is 17.1 Å². The number of hydrogen-bond donors (Lipinski definition) is 1. The highest BCUT2D eigenvalue weighted by Crippen LogP contribution is 2.24. The number of nitrogens with zero attached hydrogens (tertiary/aromatic N) is 8. The van der Waals surface area contributed by atoms with Crippen molar-refractivity contribution in [1.82, 2.24) is 29.6 Å². The Morgan fingerprint density at radius 3 is 2.63 bits per heavy atom. The van der Waals surface area contributed by atoms with Crippen molar-refractivity contribution < 1.29 is 0 Å². The number of nitrogens with one attached hydrogen (secondary N) is 1. The van der Waals surface area contributed by atoms with Crippen LogP contribution in [-0.2, 0) is 6.54 Å². The van der Waals surface area contributed by atoms with Crippen molar-refractivity contribution in [3.05, 3.63) is 66.7 Å². The number of rotatable bonds is 8. The second kappa shape index (κ2) is 9.19. The molecule has 4 rings (SSSR count). The maximum absolute atomic E-state index is 4.43. The number of fused-ring (bicyclic) bond motifs is 1. The Morgan fingerprint density at radius 2 is 1.87 bits per heavy atom. The molecule has 0 radical (unpaired) electrons. The maximum Gasteiger partial charge on any atom is 0.188 e. The third-order valence-electron chi connectivity index (χ3n) is 4.45. The first-order chi connectivity index (χ1) is 14.7. The van der Waals surface area contributed by atoms with E-state index in [2.05, 4.69) is 40.5 Å². The van der Waals surface area contributed by atoms with Crippen molar-refractivity contribution in [3.63, 3.8) is 0 Å². The lowest BCUT2D eigenvalue weighted by atomic mass is 10.3. The van der Waals surface area contributed by atoms with Gasteiger partial charge in [-0.05, 0) is 37.9 Å². The minimum absolute atomic E-state index is 0.420. The molecule has 9 heteroatoms. The van der Waals surface area contributed by atoms with Crippen molar-refractivity contribution >= 4 is 22.7 Å². The van der Waals surface area contributed by atoms with Crippen LogP contribution in [0.25, 0.3) is 16.7 Å². The van der Waals surface area contributed by atoms with E-state index in [0.717, 1.165) is 35.5 Å². The molecule has 0 fully saturated rings. The zero-order chi connectivity index (χ0) is 20.8. The SMILES string of the molecule is CN(C)CCNc1ccc(CN=Nc2ncnc3c2cnn3-c2ccccc2)cn1. The largest absolute Gasteiger partial charge is 0.369 e. The summed E-state index contributed by atoms with van der Waals surface area (Å²) in [4.78, 5) is 15.1. The fraction of sp³-hybridized carbons (Fsp3) is 0.238. The molecule has 0 saturated heterocycles. The first-order valence-corrected chi connectivity index (χ1v) is 9.66. The van der Waals surface area contributed by atoms with Crippen LogP contribution in [-0.4, -0.2) is 56.8 Å². The molecule has 1 aromatic carbocycles. The minimum Gasteiger partial charge on any atom is -0.369 e. The predicted molar refractivity (Wildman–Crippen MR) is 116 cm³/mol. The summed E-state index contributed by atoms with van der Waals surface area (Å²) in [7, 11) is 4.09. The number of benzene rings is 1. The van der Waals surface area contributed by atoms with Gasteiger partial charge in [-0.3, -0.25) is 0 Å². The summed E-state index contributed by atoms with van der Waals surface area (Å²) < 4.78 is 1.77. The van der Waals surface area contributed by atoms with Gasteiger partial charge in [0.2, 0.25) is 0 Å². The lowest BCUT2D eigenvalue weighted by Crippen LogP contribution is -2.21. The van der Waals surface area contributed by atoms with Gasteiger partial charge in [0.15, 0.2) is 11.5 Å². The molecule has 3 heterocycles. The molecule has 152 valence electrons. The predicted octanol–water partition coefficient (Wildman–Crippen LogP) is 3.47. The van der Waals surface area contributed by atoms with Crippen molar-refractivity contribution in [2.24, 2.45) is 10.2 Å². The van der Waals surface area contributed by atoms with Gasteiger partial charge in [-0.1, -0.05) is 24.3 Å². The lowest BCUT2D eigenvalue weighted by molar-refractivity contribution is 0.425. The number of hydrogen-bond acceptors (Lipinski definition) is 8. The molecular weight excluding hydrogens is 378 g/mol. The van der Waals surface area contributed by atoms with Crippen LogP contribution < -0.4 is 5.32 Å². The van der Waals surface area contributed by atoms with E-state index in [0.29, 0.717) is 18.0 Å². The fourth-order valence-electron chi connectivity index (χ4n) is 2.88. The fourth-order valence-corrected chi connectivity index (χ4v) is 2.88. The van der Waals surface area contributed by atoms with E-state index in [9.17, 15) is 0 Å². The number of likely N-dealkylation sites (N-methyl/N-ethyl adjacent to an activating group) is 1. The molecule has 3 aromatic heterocycles. The smallest absolute Gasteiger partial charge is 0.188 e. The normalized spacial score (nSPS) is 11.6. The van der Waals surface area contributed by atoms with Crippen LogP contribution in [0.4, 0.5) is 11.6 Å². The van der Waals surface area contributed by atoms with Gasteiger partial charge in [-0.25, -0.2) is 19.6 Å². The highest BCUT2D eigenvalue weighted by Gasteiger charge is 2.10. The summed E-state index contributed by atoms with van der Waals surface area (Å²) in [5.41, 5.74) is 2.60. The Bertz CT molecular complexity index is 1120. The molecule has 0 amide bonds. The average Bonchev–Trinajstić information content (AvgIpc) is 3.20. The first-order valence-electron chi connectivity index (χ1n) is 9.66. The third kappa shape index (κ3) is 4.64.